The number of benzene rings is 1. The van der Waals surface area contributed by atoms with E-state index in [1.165, 1.54) is 0 Å². The molecule has 1 N–H and O–H groups in total. The Morgan fingerprint density at radius 3 is 2.50 bits per heavy atom. The Hall–Kier alpha value is -1.13. The first-order valence-corrected chi connectivity index (χ1v) is 4.68. The molecular formula is C8H6Cl2N4. The zero-order chi connectivity index (χ0) is 9.97. The smallest absolute Gasteiger partial charge is 0.152 e. The van der Waals surface area contributed by atoms with Gasteiger partial charge in [0.15, 0.2) is 5.82 Å². The third kappa shape index (κ3) is 1.86. The topological polar surface area (TPSA) is 54.5 Å². The fourth-order valence-corrected chi connectivity index (χ4v) is 1.65. The summed E-state index contributed by atoms with van der Waals surface area (Å²) in [6.07, 6.45) is 0.505. The summed E-state index contributed by atoms with van der Waals surface area (Å²) in [5, 5.41) is 14.6. The van der Waals surface area contributed by atoms with Crippen molar-refractivity contribution in [2.75, 3.05) is 0 Å². The summed E-state index contributed by atoms with van der Waals surface area (Å²) >= 11 is 12.0. The Morgan fingerprint density at radius 2 is 1.93 bits per heavy atom. The van der Waals surface area contributed by atoms with Gasteiger partial charge in [-0.25, -0.2) is 5.10 Å². The molecule has 0 amide bonds. The van der Waals surface area contributed by atoms with Gasteiger partial charge in [-0.3, -0.25) is 0 Å². The summed E-state index contributed by atoms with van der Waals surface area (Å²) in [6, 6.07) is 5.37. The van der Waals surface area contributed by atoms with Gasteiger partial charge in [0.05, 0.1) is 0 Å². The molecule has 0 radical (unpaired) electrons. The molecule has 14 heavy (non-hydrogen) atoms. The number of rotatable bonds is 2. The molecular weight excluding hydrogens is 223 g/mol. The van der Waals surface area contributed by atoms with Gasteiger partial charge in [0, 0.05) is 16.5 Å². The van der Waals surface area contributed by atoms with E-state index in [-0.39, 0.29) is 0 Å². The number of aromatic nitrogens is 4. The van der Waals surface area contributed by atoms with E-state index in [2.05, 4.69) is 20.6 Å². The lowest BCUT2D eigenvalue weighted by Gasteiger charge is -2.03. The minimum absolute atomic E-state index is 0.505. The minimum Gasteiger partial charge on any atom is -0.243 e. The second-order valence-corrected chi connectivity index (χ2v) is 3.54. The Balaban J connectivity index is 2.33. The van der Waals surface area contributed by atoms with Gasteiger partial charge in [0.1, 0.15) is 0 Å². The van der Waals surface area contributed by atoms with Gasteiger partial charge in [-0.2, -0.15) is 0 Å². The predicted molar refractivity (Wildman–Crippen MR) is 53.4 cm³/mol. The van der Waals surface area contributed by atoms with Crippen molar-refractivity contribution in [1.82, 2.24) is 20.6 Å². The van der Waals surface area contributed by atoms with Crippen LogP contribution < -0.4 is 0 Å². The molecule has 1 aromatic carbocycles. The van der Waals surface area contributed by atoms with Crippen LogP contribution in [0.5, 0.6) is 0 Å². The highest BCUT2D eigenvalue weighted by molar-refractivity contribution is 6.36. The molecule has 0 fully saturated rings. The van der Waals surface area contributed by atoms with Crippen LogP contribution in [0, 0.1) is 0 Å². The normalized spacial score (nSPS) is 10.4. The average Bonchev–Trinajstić information content (AvgIpc) is 2.64. The maximum Gasteiger partial charge on any atom is 0.152 e. The molecule has 0 saturated carbocycles. The first-order chi connectivity index (χ1) is 6.77. The molecule has 2 rings (SSSR count). The van der Waals surface area contributed by atoms with E-state index in [4.69, 9.17) is 23.2 Å². The molecule has 1 heterocycles. The SMILES string of the molecule is Clc1cccc(Cl)c1Cc1nnn[nH]1. The summed E-state index contributed by atoms with van der Waals surface area (Å²) in [6.45, 7) is 0. The number of nitrogens with zero attached hydrogens (tertiary/aromatic N) is 3. The van der Waals surface area contributed by atoms with Crippen LogP contribution >= 0.6 is 23.2 Å². The van der Waals surface area contributed by atoms with Crippen molar-refractivity contribution in [3.8, 4) is 0 Å². The van der Waals surface area contributed by atoms with Crippen LogP contribution in [-0.4, -0.2) is 20.6 Å². The van der Waals surface area contributed by atoms with E-state index in [1.54, 1.807) is 18.2 Å². The standard InChI is InChI=1S/C8H6Cl2N4/c9-6-2-1-3-7(10)5(6)4-8-11-13-14-12-8/h1-3H,4H2,(H,11,12,13,14). The Labute approximate surface area is 90.2 Å². The molecule has 0 unspecified atom stereocenters. The molecule has 0 aliphatic heterocycles. The molecule has 0 saturated heterocycles. The molecule has 0 atom stereocenters. The third-order valence-electron chi connectivity index (χ3n) is 1.80. The zero-order valence-corrected chi connectivity index (χ0v) is 8.55. The largest absolute Gasteiger partial charge is 0.243 e. The summed E-state index contributed by atoms with van der Waals surface area (Å²) in [5.41, 5.74) is 0.828. The maximum atomic E-state index is 5.98. The van der Waals surface area contributed by atoms with Gasteiger partial charge >= 0.3 is 0 Å². The zero-order valence-electron chi connectivity index (χ0n) is 7.04. The fraction of sp³-hybridized carbons (Fsp3) is 0.125. The lowest BCUT2D eigenvalue weighted by atomic mass is 10.1. The van der Waals surface area contributed by atoms with Crippen molar-refractivity contribution in [2.24, 2.45) is 0 Å². The van der Waals surface area contributed by atoms with E-state index >= 15 is 0 Å². The quantitative estimate of drug-likeness (QED) is 0.857. The van der Waals surface area contributed by atoms with E-state index < -0.39 is 0 Å². The lowest BCUT2D eigenvalue weighted by molar-refractivity contribution is 0.881. The Kier molecular flexibility index (Phi) is 2.65. The molecule has 4 nitrogen and oxygen atoms in total. The van der Waals surface area contributed by atoms with Gasteiger partial charge in [-0.15, -0.1) is 5.10 Å². The van der Waals surface area contributed by atoms with Crippen LogP contribution in [0.4, 0.5) is 0 Å². The van der Waals surface area contributed by atoms with Gasteiger partial charge in [0.2, 0.25) is 0 Å². The van der Waals surface area contributed by atoms with E-state index in [0.717, 1.165) is 5.56 Å². The van der Waals surface area contributed by atoms with Gasteiger partial charge in [-0.1, -0.05) is 29.3 Å². The number of halogens is 2. The van der Waals surface area contributed by atoms with Crippen molar-refractivity contribution in [2.45, 2.75) is 6.42 Å². The van der Waals surface area contributed by atoms with Crippen molar-refractivity contribution in [3.05, 3.63) is 39.6 Å². The van der Waals surface area contributed by atoms with Crippen LogP contribution in [-0.2, 0) is 6.42 Å². The summed E-state index contributed by atoms with van der Waals surface area (Å²) in [7, 11) is 0. The Morgan fingerprint density at radius 1 is 1.21 bits per heavy atom. The third-order valence-corrected chi connectivity index (χ3v) is 2.50. The van der Waals surface area contributed by atoms with E-state index in [9.17, 15) is 0 Å². The summed E-state index contributed by atoms with van der Waals surface area (Å²) < 4.78 is 0. The highest BCUT2D eigenvalue weighted by Gasteiger charge is 2.08. The summed E-state index contributed by atoms with van der Waals surface area (Å²) in [5.74, 6) is 0.639. The highest BCUT2D eigenvalue weighted by Crippen LogP contribution is 2.25. The number of H-pyrrole nitrogens is 1. The fourth-order valence-electron chi connectivity index (χ4n) is 1.12. The highest BCUT2D eigenvalue weighted by atomic mass is 35.5. The molecule has 0 aliphatic rings. The number of tetrazole rings is 1. The van der Waals surface area contributed by atoms with Crippen molar-refractivity contribution < 1.29 is 0 Å². The minimum atomic E-state index is 0.505. The molecule has 2 aromatic rings. The molecule has 0 aliphatic carbocycles. The van der Waals surface area contributed by atoms with Gasteiger partial charge in [0.25, 0.3) is 0 Å². The average molecular weight is 229 g/mol. The second kappa shape index (κ2) is 3.94. The van der Waals surface area contributed by atoms with Gasteiger partial charge < -0.3 is 0 Å². The molecule has 1 aromatic heterocycles. The predicted octanol–water partition coefficient (Wildman–Crippen LogP) is 2.10. The maximum absolute atomic E-state index is 5.98. The van der Waals surface area contributed by atoms with E-state index in [0.29, 0.717) is 22.3 Å². The van der Waals surface area contributed by atoms with Gasteiger partial charge in [-0.05, 0) is 28.1 Å². The van der Waals surface area contributed by atoms with Crippen molar-refractivity contribution in [3.63, 3.8) is 0 Å². The van der Waals surface area contributed by atoms with Crippen LogP contribution in [0.1, 0.15) is 11.4 Å². The van der Waals surface area contributed by atoms with Crippen LogP contribution in [0.25, 0.3) is 0 Å². The number of nitrogens with one attached hydrogen (secondary N) is 1. The molecule has 72 valence electrons. The first-order valence-electron chi connectivity index (χ1n) is 3.93. The number of aromatic amines is 1. The van der Waals surface area contributed by atoms with Crippen molar-refractivity contribution >= 4 is 23.2 Å². The summed E-state index contributed by atoms with van der Waals surface area (Å²) in [4.78, 5) is 0. The monoisotopic (exact) mass is 228 g/mol. The molecule has 0 spiro atoms. The first kappa shape index (κ1) is 9.43. The molecule has 0 bridgehead atoms. The second-order valence-electron chi connectivity index (χ2n) is 2.72. The van der Waals surface area contributed by atoms with Crippen LogP contribution in [0.3, 0.4) is 0 Å². The van der Waals surface area contributed by atoms with E-state index in [1.807, 2.05) is 0 Å². The molecule has 6 heteroatoms. The number of hydrogen-bond acceptors (Lipinski definition) is 3. The van der Waals surface area contributed by atoms with Crippen LogP contribution in [0.2, 0.25) is 10.0 Å². The Bertz CT molecular complexity index is 407. The number of hydrogen-bond donors (Lipinski definition) is 1. The lowest BCUT2D eigenvalue weighted by Crippen LogP contribution is -1.93. The van der Waals surface area contributed by atoms with Crippen molar-refractivity contribution in [1.29, 1.82) is 0 Å². The van der Waals surface area contributed by atoms with Crippen LogP contribution in [0.15, 0.2) is 18.2 Å².